The third-order valence-electron chi connectivity index (χ3n) is 3.46. The lowest BCUT2D eigenvalue weighted by molar-refractivity contribution is -0.133. The number of hydrogen-bond acceptors (Lipinski definition) is 2. The summed E-state index contributed by atoms with van der Waals surface area (Å²) in [6.45, 7) is 2.26. The van der Waals surface area contributed by atoms with Crippen molar-refractivity contribution in [3.8, 4) is 0 Å². The molecule has 0 N–H and O–H groups in total. The second-order valence-electron chi connectivity index (χ2n) is 4.36. The summed E-state index contributed by atoms with van der Waals surface area (Å²) >= 11 is 5.62. The van der Waals surface area contributed by atoms with Crippen molar-refractivity contribution in [2.45, 2.75) is 31.7 Å². The van der Waals surface area contributed by atoms with Crippen LogP contribution in [0.5, 0.6) is 0 Å². The maximum Gasteiger partial charge on any atom is 0.224 e. The van der Waals surface area contributed by atoms with E-state index in [-0.39, 0.29) is 5.91 Å². The molecule has 1 amide bonds. The van der Waals surface area contributed by atoms with Crippen LogP contribution in [-0.4, -0.2) is 42.5 Å². The SMILES string of the molecule is O=C(CCCl)N1CCOC[C@@H]2CCC[C@H]21. The molecule has 15 heavy (non-hydrogen) atoms. The van der Waals surface area contributed by atoms with Gasteiger partial charge in [-0.1, -0.05) is 6.42 Å². The van der Waals surface area contributed by atoms with Gasteiger partial charge in [-0.05, 0) is 12.8 Å². The first kappa shape index (κ1) is 11.2. The van der Waals surface area contributed by atoms with Gasteiger partial charge in [0.15, 0.2) is 0 Å². The molecular formula is C11H18ClNO2. The maximum atomic E-state index is 11.9. The van der Waals surface area contributed by atoms with Crippen LogP contribution in [0.4, 0.5) is 0 Å². The lowest BCUT2D eigenvalue weighted by atomic mass is 10.0. The summed E-state index contributed by atoms with van der Waals surface area (Å²) in [5.74, 6) is 1.19. The highest BCUT2D eigenvalue weighted by molar-refractivity contribution is 6.18. The molecule has 0 bridgehead atoms. The predicted molar refractivity (Wildman–Crippen MR) is 59.0 cm³/mol. The Labute approximate surface area is 95.7 Å². The fourth-order valence-corrected chi connectivity index (χ4v) is 2.88. The second-order valence-corrected chi connectivity index (χ2v) is 4.74. The van der Waals surface area contributed by atoms with Crippen molar-refractivity contribution in [1.82, 2.24) is 4.90 Å². The van der Waals surface area contributed by atoms with Gasteiger partial charge in [0.25, 0.3) is 0 Å². The number of carbonyl (C=O) groups is 1. The average Bonchev–Trinajstić information content (AvgIpc) is 2.58. The highest BCUT2D eigenvalue weighted by Crippen LogP contribution is 2.32. The monoisotopic (exact) mass is 231 g/mol. The molecule has 1 aliphatic heterocycles. The first-order valence-corrected chi connectivity index (χ1v) is 6.29. The highest BCUT2D eigenvalue weighted by Gasteiger charge is 2.35. The summed E-state index contributed by atoms with van der Waals surface area (Å²) in [6, 6.07) is 0.420. The molecule has 1 heterocycles. The van der Waals surface area contributed by atoms with Crippen LogP contribution < -0.4 is 0 Å². The number of alkyl halides is 1. The number of hydrogen-bond donors (Lipinski definition) is 0. The van der Waals surface area contributed by atoms with Gasteiger partial charge in [-0.25, -0.2) is 0 Å². The molecule has 2 rings (SSSR count). The number of nitrogens with zero attached hydrogens (tertiary/aromatic N) is 1. The minimum Gasteiger partial charge on any atom is -0.379 e. The summed E-state index contributed by atoms with van der Waals surface area (Å²) in [5.41, 5.74) is 0. The van der Waals surface area contributed by atoms with Gasteiger partial charge in [-0.15, -0.1) is 11.6 Å². The lowest BCUT2D eigenvalue weighted by Crippen LogP contribution is -2.42. The van der Waals surface area contributed by atoms with Crippen LogP contribution in [0.2, 0.25) is 0 Å². The molecule has 2 aliphatic rings. The third-order valence-corrected chi connectivity index (χ3v) is 3.65. The van der Waals surface area contributed by atoms with Crippen LogP contribution in [-0.2, 0) is 9.53 Å². The van der Waals surface area contributed by atoms with E-state index in [4.69, 9.17) is 16.3 Å². The molecule has 0 radical (unpaired) electrons. The first-order chi connectivity index (χ1) is 7.33. The Bertz CT molecular complexity index is 235. The third kappa shape index (κ3) is 2.45. The molecule has 1 saturated heterocycles. The van der Waals surface area contributed by atoms with E-state index < -0.39 is 0 Å². The molecule has 3 nitrogen and oxygen atoms in total. The van der Waals surface area contributed by atoms with Gasteiger partial charge in [0.2, 0.25) is 5.91 Å². The van der Waals surface area contributed by atoms with Crippen LogP contribution in [0.1, 0.15) is 25.7 Å². The summed E-state index contributed by atoms with van der Waals surface area (Å²) in [5, 5.41) is 0. The molecule has 0 spiro atoms. The minimum absolute atomic E-state index is 0.201. The summed E-state index contributed by atoms with van der Waals surface area (Å²) in [6.07, 6.45) is 4.03. The van der Waals surface area contributed by atoms with Crippen molar-refractivity contribution >= 4 is 17.5 Å². The van der Waals surface area contributed by atoms with E-state index in [1.807, 2.05) is 4.90 Å². The fourth-order valence-electron chi connectivity index (χ4n) is 2.72. The second kappa shape index (κ2) is 5.17. The van der Waals surface area contributed by atoms with Crippen LogP contribution in [0.3, 0.4) is 0 Å². The molecule has 1 saturated carbocycles. The number of halogens is 1. The van der Waals surface area contributed by atoms with E-state index in [0.29, 0.717) is 30.9 Å². The van der Waals surface area contributed by atoms with Crippen LogP contribution in [0.15, 0.2) is 0 Å². The van der Waals surface area contributed by atoms with Gasteiger partial charge in [-0.3, -0.25) is 4.79 Å². The van der Waals surface area contributed by atoms with Crippen LogP contribution in [0, 0.1) is 5.92 Å². The molecule has 4 heteroatoms. The van der Waals surface area contributed by atoms with E-state index in [1.165, 1.54) is 12.8 Å². The number of amides is 1. The standard InChI is InChI=1S/C11H18ClNO2/c12-5-4-11(14)13-6-7-15-8-9-2-1-3-10(9)13/h9-10H,1-8H2/t9-,10+/m0/s1. The molecule has 86 valence electrons. The van der Waals surface area contributed by atoms with E-state index in [0.717, 1.165) is 19.6 Å². The Hall–Kier alpha value is -0.280. The highest BCUT2D eigenvalue weighted by atomic mass is 35.5. The van der Waals surface area contributed by atoms with Crippen molar-refractivity contribution in [2.75, 3.05) is 25.6 Å². The van der Waals surface area contributed by atoms with Crippen LogP contribution >= 0.6 is 11.6 Å². The average molecular weight is 232 g/mol. The predicted octanol–water partition coefficient (Wildman–Crippen LogP) is 1.64. The van der Waals surface area contributed by atoms with Gasteiger partial charge >= 0.3 is 0 Å². The van der Waals surface area contributed by atoms with E-state index in [2.05, 4.69) is 0 Å². The Morgan fingerprint density at radius 1 is 1.47 bits per heavy atom. The molecule has 0 aromatic rings. The van der Waals surface area contributed by atoms with Crippen molar-refractivity contribution in [1.29, 1.82) is 0 Å². The van der Waals surface area contributed by atoms with Gasteiger partial charge in [-0.2, -0.15) is 0 Å². The van der Waals surface area contributed by atoms with Crippen molar-refractivity contribution < 1.29 is 9.53 Å². The molecule has 2 fully saturated rings. The Balaban J connectivity index is 2.03. The van der Waals surface area contributed by atoms with E-state index in [1.54, 1.807) is 0 Å². The van der Waals surface area contributed by atoms with Gasteiger partial charge in [0, 0.05) is 30.8 Å². The normalized spacial score (nSPS) is 31.1. The molecule has 0 aromatic carbocycles. The molecule has 0 unspecified atom stereocenters. The fraction of sp³-hybridized carbons (Fsp3) is 0.909. The van der Waals surface area contributed by atoms with Crippen molar-refractivity contribution in [3.63, 3.8) is 0 Å². The first-order valence-electron chi connectivity index (χ1n) is 5.76. The minimum atomic E-state index is 0.201. The Morgan fingerprint density at radius 3 is 3.13 bits per heavy atom. The van der Waals surface area contributed by atoms with Gasteiger partial charge in [0.1, 0.15) is 0 Å². The zero-order valence-electron chi connectivity index (χ0n) is 8.95. The largest absolute Gasteiger partial charge is 0.379 e. The lowest BCUT2D eigenvalue weighted by Gasteiger charge is -2.29. The maximum absolute atomic E-state index is 11.9. The van der Waals surface area contributed by atoms with Crippen LogP contribution in [0.25, 0.3) is 0 Å². The van der Waals surface area contributed by atoms with Gasteiger partial charge < -0.3 is 9.64 Å². The van der Waals surface area contributed by atoms with E-state index in [9.17, 15) is 4.79 Å². The molecule has 1 aliphatic carbocycles. The van der Waals surface area contributed by atoms with E-state index >= 15 is 0 Å². The number of carbonyl (C=O) groups excluding carboxylic acids is 1. The summed E-state index contributed by atoms with van der Waals surface area (Å²) in [7, 11) is 0. The quantitative estimate of drug-likeness (QED) is 0.677. The van der Waals surface area contributed by atoms with Crippen molar-refractivity contribution in [2.24, 2.45) is 5.92 Å². The summed E-state index contributed by atoms with van der Waals surface area (Å²) in [4.78, 5) is 13.9. The van der Waals surface area contributed by atoms with Gasteiger partial charge in [0.05, 0.1) is 13.2 Å². The number of fused-ring (bicyclic) bond motifs is 1. The molecule has 0 aromatic heterocycles. The Morgan fingerprint density at radius 2 is 2.33 bits per heavy atom. The Kier molecular flexibility index (Phi) is 3.87. The number of ether oxygens (including phenoxy) is 1. The smallest absolute Gasteiger partial charge is 0.224 e. The number of rotatable bonds is 2. The molecular weight excluding hydrogens is 214 g/mol. The topological polar surface area (TPSA) is 29.5 Å². The summed E-state index contributed by atoms with van der Waals surface area (Å²) < 4.78 is 5.54. The zero-order valence-corrected chi connectivity index (χ0v) is 9.71. The molecule has 2 atom stereocenters. The van der Waals surface area contributed by atoms with Crippen molar-refractivity contribution in [3.05, 3.63) is 0 Å². The zero-order chi connectivity index (χ0) is 10.7.